The van der Waals surface area contributed by atoms with Crippen LogP contribution in [-0.4, -0.2) is 24.7 Å². The summed E-state index contributed by atoms with van der Waals surface area (Å²) in [6.45, 7) is 1.64. The van der Waals surface area contributed by atoms with Crippen molar-refractivity contribution in [3.8, 4) is 0 Å². The maximum atomic E-state index is 11.7. The molecule has 4 rings (SSSR count). The third kappa shape index (κ3) is 2.13. The maximum absolute atomic E-state index is 11.7. The lowest BCUT2D eigenvalue weighted by atomic mass is 9.80. The molecule has 17 heavy (non-hydrogen) atoms. The van der Waals surface area contributed by atoms with Gasteiger partial charge in [-0.15, -0.1) is 0 Å². The van der Waals surface area contributed by atoms with Gasteiger partial charge in [0.15, 0.2) is 0 Å². The van der Waals surface area contributed by atoms with Gasteiger partial charge in [0.2, 0.25) is 0 Å². The molecule has 3 aliphatic rings. The molecule has 90 valence electrons. The molecule has 2 saturated heterocycles. The lowest BCUT2D eigenvalue weighted by Crippen LogP contribution is -2.56. The van der Waals surface area contributed by atoms with Crippen molar-refractivity contribution in [1.82, 2.24) is 16.0 Å². The molecule has 1 aromatic carbocycles. The molecule has 2 heterocycles. The number of rotatable bonds is 3. The summed E-state index contributed by atoms with van der Waals surface area (Å²) >= 11 is 0. The van der Waals surface area contributed by atoms with Crippen LogP contribution in [0.4, 0.5) is 4.79 Å². The number of nitrogens with one attached hydrogen (secondary N) is 3. The SMILES string of the molecule is O=C(NCc1ccccc1)NC1C2CNC1C2. The van der Waals surface area contributed by atoms with E-state index in [4.69, 9.17) is 0 Å². The number of amides is 2. The topological polar surface area (TPSA) is 53.2 Å². The summed E-state index contributed by atoms with van der Waals surface area (Å²) in [4.78, 5) is 11.7. The van der Waals surface area contributed by atoms with E-state index in [2.05, 4.69) is 16.0 Å². The van der Waals surface area contributed by atoms with Crippen molar-refractivity contribution in [1.29, 1.82) is 0 Å². The fourth-order valence-electron chi connectivity index (χ4n) is 2.67. The molecular formula is C13H17N3O. The highest BCUT2D eigenvalue weighted by atomic mass is 16.2. The number of benzene rings is 1. The quantitative estimate of drug-likeness (QED) is 0.722. The van der Waals surface area contributed by atoms with Crippen LogP contribution in [0.5, 0.6) is 0 Å². The molecule has 1 saturated carbocycles. The minimum atomic E-state index is -0.0581. The third-order valence-electron chi connectivity index (χ3n) is 3.73. The summed E-state index contributed by atoms with van der Waals surface area (Å²) in [5, 5.41) is 9.31. The Morgan fingerprint density at radius 2 is 2.18 bits per heavy atom. The summed E-state index contributed by atoms with van der Waals surface area (Å²) in [5.74, 6) is 0.641. The van der Waals surface area contributed by atoms with Gasteiger partial charge in [0.25, 0.3) is 0 Å². The molecule has 3 atom stereocenters. The number of carbonyl (C=O) groups excluding carboxylic acids is 1. The van der Waals surface area contributed by atoms with Crippen LogP contribution in [0.25, 0.3) is 0 Å². The molecule has 1 aliphatic carbocycles. The Kier molecular flexibility index (Phi) is 2.73. The first kappa shape index (κ1) is 10.6. The van der Waals surface area contributed by atoms with Gasteiger partial charge in [0, 0.05) is 25.2 Å². The third-order valence-corrected chi connectivity index (χ3v) is 3.73. The van der Waals surface area contributed by atoms with Gasteiger partial charge in [0.1, 0.15) is 0 Å². The van der Waals surface area contributed by atoms with Gasteiger partial charge in [-0.25, -0.2) is 4.79 Å². The largest absolute Gasteiger partial charge is 0.334 e. The second-order valence-electron chi connectivity index (χ2n) is 4.85. The summed E-state index contributed by atoms with van der Waals surface area (Å²) < 4.78 is 0. The van der Waals surface area contributed by atoms with E-state index in [0.717, 1.165) is 12.1 Å². The number of urea groups is 1. The molecule has 3 N–H and O–H groups in total. The standard InChI is InChI=1S/C13H17N3O/c17-13(15-7-9-4-2-1-3-5-9)16-12-10-6-11(12)14-8-10/h1-5,10-12,14H,6-8H2,(H2,15,16,17). The molecule has 3 fully saturated rings. The highest BCUT2D eigenvalue weighted by Gasteiger charge is 2.47. The van der Waals surface area contributed by atoms with E-state index in [1.54, 1.807) is 0 Å². The lowest BCUT2D eigenvalue weighted by Gasteiger charge is -2.34. The highest BCUT2D eigenvalue weighted by Crippen LogP contribution is 2.33. The van der Waals surface area contributed by atoms with Crippen LogP contribution in [-0.2, 0) is 6.54 Å². The van der Waals surface area contributed by atoms with Crippen molar-refractivity contribution >= 4 is 6.03 Å². The van der Waals surface area contributed by atoms with E-state index in [1.807, 2.05) is 30.3 Å². The molecule has 0 radical (unpaired) electrons. The van der Waals surface area contributed by atoms with Crippen molar-refractivity contribution in [2.24, 2.45) is 5.92 Å². The van der Waals surface area contributed by atoms with E-state index in [0.29, 0.717) is 24.5 Å². The fraction of sp³-hybridized carbons (Fsp3) is 0.462. The van der Waals surface area contributed by atoms with Gasteiger partial charge in [-0.1, -0.05) is 30.3 Å². The van der Waals surface area contributed by atoms with Crippen molar-refractivity contribution in [3.05, 3.63) is 35.9 Å². The van der Waals surface area contributed by atoms with Gasteiger partial charge < -0.3 is 16.0 Å². The van der Waals surface area contributed by atoms with Gasteiger partial charge in [-0.3, -0.25) is 0 Å². The normalized spacial score (nSPS) is 29.5. The van der Waals surface area contributed by atoms with Crippen LogP contribution in [0, 0.1) is 5.92 Å². The predicted molar refractivity (Wildman–Crippen MR) is 65.5 cm³/mol. The molecule has 2 amide bonds. The Labute approximate surface area is 101 Å². The van der Waals surface area contributed by atoms with Crippen LogP contribution >= 0.6 is 0 Å². The Balaban J connectivity index is 1.45. The molecule has 4 nitrogen and oxygen atoms in total. The lowest BCUT2D eigenvalue weighted by molar-refractivity contribution is 0.210. The minimum Gasteiger partial charge on any atom is -0.334 e. The van der Waals surface area contributed by atoms with E-state index < -0.39 is 0 Å². The van der Waals surface area contributed by atoms with Gasteiger partial charge in [-0.2, -0.15) is 0 Å². The van der Waals surface area contributed by atoms with Gasteiger partial charge >= 0.3 is 6.03 Å². The van der Waals surface area contributed by atoms with E-state index >= 15 is 0 Å². The first-order valence-corrected chi connectivity index (χ1v) is 6.14. The zero-order valence-electron chi connectivity index (χ0n) is 9.65. The van der Waals surface area contributed by atoms with Crippen LogP contribution in [0.2, 0.25) is 0 Å². The second-order valence-corrected chi connectivity index (χ2v) is 4.85. The average molecular weight is 231 g/mol. The molecule has 2 bridgehead atoms. The first-order valence-electron chi connectivity index (χ1n) is 6.14. The first-order chi connectivity index (χ1) is 8.33. The van der Waals surface area contributed by atoms with Gasteiger partial charge in [-0.05, 0) is 17.9 Å². The molecule has 3 unspecified atom stereocenters. The number of carbonyl (C=O) groups is 1. The second kappa shape index (κ2) is 4.37. The Morgan fingerprint density at radius 3 is 2.82 bits per heavy atom. The molecule has 2 aliphatic heterocycles. The van der Waals surface area contributed by atoms with Crippen LogP contribution in [0.1, 0.15) is 12.0 Å². The Morgan fingerprint density at radius 1 is 1.35 bits per heavy atom. The molecule has 1 aromatic rings. The molecule has 0 spiro atoms. The predicted octanol–water partition coefficient (Wildman–Crippen LogP) is 0.846. The Hall–Kier alpha value is -1.55. The number of fused-ring (bicyclic) bond motifs is 1. The number of hydrogen-bond acceptors (Lipinski definition) is 2. The summed E-state index contributed by atoms with van der Waals surface area (Å²) in [7, 11) is 0. The van der Waals surface area contributed by atoms with E-state index in [-0.39, 0.29) is 6.03 Å². The van der Waals surface area contributed by atoms with Crippen molar-refractivity contribution in [2.45, 2.75) is 25.0 Å². The smallest absolute Gasteiger partial charge is 0.315 e. The molecule has 4 heteroatoms. The minimum absolute atomic E-state index is 0.0581. The molecule has 0 aromatic heterocycles. The highest BCUT2D eigenvalue weighted by molar-refractivity contribution is 5.74. The zero-order valence-corrected chi connectivity index (χ0v) is 9.65. The summed E-state index contributed by atoms with van der Waals surface area (Å²) in [6, 6.07) is 10.7. The summed E-state index contributed by atoms with van der Waals surface area (Å²) in [6.07, 6.45) is 1.21. The average Bonchev–Trinajstić information content (AvgIpc) is 2.98. The maximum Gasteiger partial charge on any atom is 0.315 e. The summed E-state index contributed by atoms with van der Waals surface area (Å²) in [5.41, 5.74) is 1.12. The van der Waals surface area contributed by atoms with Crippen LogP contribution < -0.4 is 16.0 Å². The Bertz CT molecular complexity index is 392. The number of hydrogen-bond donors (Lipinski definition) is 3. The van der Waals surface area contributed by atoms with Crippen molar-refractivity contribution < 1.29 is 4.79 Å². The fourth-order valence-corrected chi connectivity index (χ4v) is 2.67. The van der Waals surface area contributed by atoms with E-state index in [1.165, 1.54) is 6.42 Å². The monoisotopic (exact) mass is 231 g/mol. The van der Waals surface area contributed by atoms with Crippen molar-refractivity contribution in [2.75, 3.05) is 6.54 Å². The van der Waals surface area contributed by atoms with Gasteiger partial charge in [0.05, 0.1) is 0 Å². The van der Waals surface area contributed by atoms with E-state index in [9.17, 15) is 4.79 Å². The van der Waals surface area contributed by atoms with Crippen molar-refractivity contribution in [3.63, 3.8) is 0 Å². The zero-order chi connectivity index (χ0) is 11.7. The molecular weight excluding hydrogens is 214 g/mol. The van der Waals surface area contributed by atoms with Crippen LogP contribution in [0.3, 0.4) is 0 Å². The van der Waals surface area contributed by atoms with Crippen LogP contribution in [0.15, 0.2) is 30.3 Å².